The van der Waals surface area contributed by atoms with Gasteiger partial charge in [0.25, 0.3) is 0 Å². The van der Waals surface area contributed by atoms with Gasteiger partial charge in [0, 0.05) is 18.3 Å². The number of ether oxygens (including phenoxy) is 1. The topological polar surface area (TPSA) is 34.1 Å². The lowest BCUT2D eigenvalue weighted by Crippen LogP contribution is -2.12. The molecule has 18 heavy (non-hydrogen) atoms. The van der Waals surface area contributed by atoms with Crippen molar-refractivity contribution in [3.05, 3.63) is 53.9 Å². The van der Waals surface area contributed by atoms with Gasteiger partial charge in [-0.05, 0) is 31.7 Å². The summed E-state index contributed by atoms with van der Waals surface area (Å²) in [7, 11) is 0. The molecule has 2 rings (SSSR count). The molecule has 0 fully saturated rings. The number of benzene rings is 1. The fourth-order valence-electron chi connectivity index (χ4n) is 1.70. The summed E-state index contributed by atoms with van der Waals surface area (Å²) in [6, 6.07) is 11.9. The number of hydrogen-bond donors (Lipinski definition) is 1. The Kier molecular flexibility index (Phi) is 4.31. The fourth-order valence-corrected chi connectivity index (χ4v) is 1.70. The van der Waals surface area contributed by atoms with Gasteiger partial charge in [-0.1, -0.05) is 25.1 Å². The second-order valence-corrected chi connectivity index (χ2v) is 4.08. The first-order valence-corrected chi connectivity index (χ1v) is 6.19. The van der Waals surface area contributed by atoms with Crippen LogP contribution in [-0.2, 0) is 6.54 Å². The average molecular weight is 242 g/mol. The minimum Gasteiger partial charge on any atom is -0.455 e. The molecule has 0 spiro atoms. The summed E-state index contributed by atoms with van der Waals surface area (Å²) in [5, 5.41) is 3.31. The number of rotatable bonds is 5. The van der Waals surface area contributed by atoms with Gasteiger partial charge in [0.2, 0.25) is 0 Å². The Bertz CT molecular complexity index is 511. The Morgan fingerprint density at radius 3 is 2.67 bits per heavy atom. The molecular weight excluding hydrogens is 224 g/mol. The van der Waals surface area contributed by atoms with Crippen molar-refractivity contribution in [3.8, 4) is 11.5 Å². The lowest BCUT2D eigenvalue weighted by Gasteiger charge is -2.12. The third-order valence-electron chi connectivity index (χ3n) is 2.72. The summed E-state index contributed by atoms with van der Waals surface area (Å²) in [6.07, 6.45) is 1.77. The van der Waals surface area contributed by atoms with Crippen molar-refractivity contribution in [2.45, 2.75) is 20.4 Å². The van der Waals surface area contributed by atoms with Gasteiger partial charge in [-0.25, -0.2) is 0 Å². The van der Waals surface area contributed by atoms with E-state index in [2.05, 4.69) is 23.3 Å². The summed E-state index contributed by atoms with van der Waals surface area (Å²) in [5.74, 6) is 1.69. The molecule has 0 aliphatic rings. The van der Waals surface area contributed by atoms with Gasteiger partial charge in [0.05, 0.1) is 5.69 Å². The third-order valence-corrected chi connectivity index (χ3v) is 2.72. The van der Waals surface area contributed by atoms with Gasteiger partial charge in [0.1, 0.15) is 11.5 Å². The van der Waals surface area contributed by atoms with E-state index in [4.69, 9.17) is 4.74 Å². The monoisotopic (exact) mass is 242 g/mol. The van der Waals surface area contributed by atoms with Crippen molar-refractivity contribution in [2.75, 3.05) is 6.54 Å². The predicted molar refractivity (Wildman–Crippen MR) is 72.9 cm³/mol. The van der Waals surface area contributed by atoms with Gasteiger partial charge in [0.15, 0.2) is 0 Å². The first kappa shape index (κ1) is 12.6. The molecule has 2 aromatic rings. The second kappa shape index (κ2) is 6.17. The molecule has 1 aromatic heterocycles. The van der Waals surface area contributed by atoms with Crippen LogP contribution in [0.2, 0.25) is 0 Å². The summed E-state index contributed by atoms with van der Waals surface area (Å²) < 4.78 is 5.93. The zero-order valence-corrected chi connectivity index (χ0v) is 10.8. The Morgan fingerprint density at radius 2 is 1.89 bits per heavy atom. The SMILES string of the molecule is CCNCc1ccccc1Oc1cccnc1C. The van der Waals surface area contributed by atoms with Crippen LogP contribution in [0.4, 0.5) is 0 Å². The highest BCUT2D eigenvalue weighted by Crippen LogP contribution is 2.26. The highest BCUT2D eigenvalue weighted by atomic mass is 16.5. The number of pyridine rings is 1. The van der Waals surface area contributed by atoms with E-state index in [-0.39, 0.29) is 0 Å². The van der Waals surface area contributed by atoms with Crippen molar-refractivity contribution in [2.24, 2.45) is 0 Å². The van der Waals surface area contributed by atoms with E-state index in [9.17, 15) is 0 Å². The van der Waals surface area contributed by atoms with Crippen LogP contribution in [0.5, 0.6) is 11.5 Å². The Hall–Kier alpha value is -1.87. The minimum atomic E-state index is 0.807. The van der Waals surface area contributed by atoms with E-state index in [1.165, 1.54) is 0 Å². The lowest BCUT2D eigenvalue weighted by atomic mass is 10.2. The number of aryl methyl sites for hydroxylation is 1. The Morgan fingerprint density at radius 1 is 1.11 bits per heavy atom. The molecule has 0 saturated carbocycles. The summed E-state index contributed by atoms with van der Waals surface area (Å²) >= 11 is 0. The van der Waals surface area contributed by atoms with Crippen LogP contribution in [0.3, 0.4) is 0 Å². The zero-order valence-electron chi connectivity index (χ0n) is 10.8. The maximum Gasteiger partial charge on any atom is 0.148 e. The number of aromatic nitrogens is 1. The van der Waals surface area contributed by atoms with Crippen LogP contribution < -0.4 is 10.1 Å². The Labute approximate surface area is 108 Å². The molecular formula is C15H18N2O. The number of hydrogen-bond acceptors (Lipinski definition) is 3. The predicted octanol–water partition coefficient (Wildman–Crippen LogP) is 3.29. The normalized spacial score (nSPS) is 10.3. The zero-order chi connectivity index (χ0) is 12.8. The molecule has 0 saturated heterocycles. The van der Waals surface area contributed by atoms with E-state index in [0.717, 1.165) is 35.8 Å². The molecule has 3 nitrogen and oxygen atoms in total. The molecule has 1 heterocycles. The Balaban J connectivity index is 2.21. The van der Waals surface area contributed by atoms with E-state index in [0.29, 0.717) is 0 Å². The quantitative estimate of drug-likeness (QED) is 0.873. The summed E-state index contributed by atoms with van der Waals surface area (Å²) in [4.78, 5) is 4.23. The average Bonchev–Trinajstić information content (AvgIpc) is 2.40. The molecule has 0 radical (unpaired) electrons. The van der Waals surface area contributed by atoms with Crippen molar-refractivity contribution in [1.82, 2.24) is 10.3 Å². The molecule has 3 heteroatoms. The molecule has 0 atom stereocenters. The molecule has 1 aromatic carbocycles. The molecule has 0 bridgehead atoms. The lowest BCUT2D eigenvalue weighted by molar-refractivity contribution is 0.467. The van der Waals surface area contributed by atoms with E-state index < -0.39 is 0 Å². The second-order valence-electron chi connectivity index (χ2n) is 4.08. The number of para-hydroxylation sites is 1. The first-order chi connectivity index (χ1) is 8.81. The van der Waals surface area contributed by atoms with Gasteiger partial charge in [-0.3, -0.25) is 4.98 Å². The number of nitrogens with zero attached hydrogens (tertiary/aromatic N) is 1. The van der Waals surface area contributed by atoms with Crippen molar-refractivity contribution >= 4 is 0 Å². The van der Waals surface area contributed by atoms with Gasteiger partial charge >= 0.3 is 0 Å². The van der Waals surface area contributed by atoms with Crippen molar-refractivity contribution < 1.29 is 4.74 Å². The van der Waals surface area contributed by atoms with Gasteiger partial charge in [-0.15, -0.1) is 0 Å². The molecule has 0 aliphatic heterocycles. The van der Waals surface area contributed by atoms with Crippen LogP contribution in [0, 0.1) is 6.92 Å². The van der Waals surface area contributed by atoms with E-state index in [1.807, 2.05) is 37.3 Å². The first-order valence-electron chi connectivity index (χ1n) is 6.19. The van der Waals surface area contributed by atoms with Crippen molar-refractivity contribution in [1.29, 1.82) is 0 Å². The summed E-state index contributed by atoms with van der Waals surface area (Å²) in [5.41, 5.74) is 2.05. The van der Waals surface area contributed by atoms with E-state index >= 15 is 0 Å². The van der Waals surface area contributed by atoms with Crippen LogP contribution in [0.1, 0.15) is 18.2 Å². The number of nitrogens with one attached hydrogen (secondary N) is 1. The maximum atomic E-state index is 5.93. The highest BCUT2D eigenvalue weighted by Gasteiger charge is 2.05. The van der Waals surface area contributed by atoms with Gasteiger partial charge in [-0.2, -0.15) is 0 Å². The van der Waals surface area contributed by atoms with Crippen LogP contribution in [0.25, 0.3) is 0 Å². The van der Waals surface area contributed by atoms with E-state index in [1.54, 1.807) is 6.20 Å². The highest BCUT2D eigenvalue weighted by molar-refractivity contribution is 5.38. The third kappa shape index (κ3) is 3.08. The smallest absolute Gasteiger partial charge is 0.148 e. The van der Waals surface area contributed by atoms with Crippen molar-refractivity contribution in [3.63, 3.8) is 0 Å². The standard InChI is InChI=1S/C15H18N2O/c1-3-16-11-13-7-4-5-8-15(13)18-14-9-6-10-17-12(14)2/h4-10,16H,3,11H2,1-2H3. The molecule has 1 N–H and O–H groups in total. The minimum absolute atomic E-state index is 0.807. The largest absolute Gasteiger partial charge is 0.455 e. The van der Waals surface area contributed by atoms with Crippen LogP contribution in [-0.4, -0.2) is 11.5 Å². The van der Waals surface area contributed by atoms with Gasteiger partial charge < -0.3 is 10.1 Å². The molecule has 0 aliphatic carbocycles. The molecule has 0 amide bonds. The summed E-state index contributed by atoms with van der Waals surface area (Å²) in [6.45, 7) is 5.79. The molecule has 0 unspecified atom stereocenters. The van der Waals surface area contributed by atoms with Crippen LogP contribution >= 0.6 is 0 Å². The van der Waals surface area contributed by atoms with Crippen LogP contribution in [0.15, 0.2) is 42.6 Å². The maximum absolute atomic E-state index is 5.93. The molecule has 94 valence electrons. The fraction of sp³-hybridized carbons (Fsp3) is 0.267.